The number of methoxy groups -OCH3 is 1. The molecule has 5 heteroatoms. The van der Waals surface area contributed by atoms with E-state index in [-0.39, 0.29) is 18.0 Å². The van der Waals surface area contributed by atoms with E-state index in [2.05, 4.69) is 12.1 Å². The Morgan fingerprint density at radius 2 is 1.85 bits per heavy atom. The molecule has 0 atom stereocenters. The lowest BCUT2D eigenvalue weighted by molar-refractivity contribution is -0.133. The largest absolute Gasteiger partial charge is 0.497 e. The Bertz CT molecular complexity index is 774. The lowest BCUT2D eigenvalue weighted by Crippen LogP contribution is -2.41. The smallest absolute Gasteiger partial charge is 0.250 e. The number of carbonyl (C=O) groups is 1. The number of hydrogen-bond donors (Lipinski definition) is 0. The molecule has 0 aliphatic carbocycles. The van der Waals surface area contributed by atoms with Crippen LogP contribution in [0.3, 0.4) is 0 Å². The highest BCUT2D eigenvalue weighted by atomic mass is 16.5. The predicted octanol–water partition coefficient (Wildman–Crippen LogP) is 2.73. The van der Waals surface area contributed by atoms with Gasteiger partial charge in [0.1, 0.15) is 12.3 Å². The molecule has 2 heterocycles. The Morgan fingerprint density at radius 1 is 1.12 bits per heavy atom. The summed E-state index contributed by atoms with van der Waals surface area (Å²) < 4.78 is 6.66. The Kier molecular flexibility index (Phi) is 6.10. The highest BCUT2D eigenvalue weighted by molar-refractivity contribution is 5.76. The highest BCUT2D eigenvalue weighted by Gasteiger charge is 2.22. The van der Waals surface area contributed by atoms with Crippen LogP contribution in [-0.2, 0) is 17.8 Å². The van der Waals surface area contributed by atoms with Crippen LogP contribution in [0.4, 0.5) is 0 Å². The first-order valence-corrected chi connectivity index (χ1v) is 9.22. The highest BCUT2D eigenvalue weighted by Crippen LogP contribution is 2.23. The summed E-state index contributed by atoms with van der Waals surface area (Å²) in [6.07, 6.45) is 5.94. The fraction of sp³-hybridized carbons (Fsp3) is 0.429. The molecule has 0 saturated carbocycles. The van der Waals surface area contributed by atoms with E-state index in [9.17, 15) is 9.59 Å². The van der Waals surface area contributed by atoms with Gasteiger partial charge in [-0.2, -0.15) is 0 Å². The third-order valence-electron chi connectivity index (χ3n) is 5.17. The monoisotopic (exact) mass is 354 g/mol. The Balaban J connectivity index is 1.44. The van der Waals surface area contributed by atoms with Gasteiger partial charge in [0.05, 0.1) is 7.11 Å². The van der Waals surface area contributed by atoms with Gasteiger partial charge in [0.2, 0.25) is 5.91 Å². The van der Waals surface area contributed by atoms with Crippen molar-refractivity contribution in [3.63, 3.8) is 0 Å². The van der Waals surface area contributed by atoms with Gasteiger partial charge in [0.15, 0.2) is 0 Å². The van der Waals surface area contributed by atoms with Crippen LogP contribution in [0.2, 0.25) is 0 Å². The fourth-order valence-corrected chi connectivity index (χ4v) is 3.47. The molecule has 1 fully saturated rings. The molecule has 1 aliphatic rings. The van der Waals surface area contributed by atoms with E-state index in [4.69, 9.17) is 4.74 Å². The van der Waals surface area contributed by atoms with Gasteiger partial charge in [-0.05, 0) is 55.4 Å². The molecule has 138 valence electrons. The summed E-state index contributed by atoms with van der Waals surface area (Å²) in [5, 5.41) is 0. The minimum Gasteiger partial charge on any atom is -0.497 e. The molecule has 5 nitrogen and oxygen atoms in total. The molecular weight excluding hydrogens is 328 g/mol. The van der Waals surface area contributed by atoms with Gasteiger partial charge in [0, 0.05) is 25.4 Å². The Morgan fingerprint density at radius 3 is 2.50 bits per heavy atom. The van der Waals surface area contributed by atoms with Crippen molar-refractivity contribution in [2.75, 3.05) is 20.2 Å². The molecular formula is C21H26N2O3. The van der Waals surface area contributed by atoms with Crippen LogP contribution in [-0.4, -0.2) is 35.6 Å². The SMILES string of the molecule is COc1ccc(CCC2CCN(C(=O)Cn3ccccc3=O)CC2)cc1. The molecule has 0 radical (unpaired) electrons. The summed E-state index contributed by atoms with van der Waals surface area (Å²) in [6, 6.07) is 13.2. The van der Waals surface area contributed by atoms with Crippen molar-refractivity contribution in [3.05, 3.63) is 64.6 Å². The quantitative estimate of drug-likeness (QED) is 0.801. The zero-order valence-corrected chi connectivity index (χ0v) is 15.3. The molecule has 3 rings (SSSR count). The van der Waals surface area contributed by atoms with Gasteiger partial charge < -0.3 is 14.2 Å². The lowest BCUT2D eigenvalue weighted by Gasteiger charge is -2.32. The van der Waals surface area contributed by atoms with E-state index >= 15 is 0 Å². The van der Waals surface area contributed by atoms with Crippen LogP contribution in [0.15, 0.2) is 53.5 Å². The summed E-state index contributed by atoms with van der Waals surface area (Å²) in [4.78, 5) is 26.0. The number of aryl methyl sites for hydroxylation is 1. The van der Waals surface area contributed by atoms with Crippen LogP contribution in [0.1, 0.15) is 24.8 Å². The summed E-state index contributed by atoms with van der Waals surface area (Å²) >= 11 is 0. The number of benzene rings is 1. The molecule has 0 unspecified atom stereocenters. The van der Waals surface area contributed by atoms with Crippen LogP contribution >= 0.6 is 0 Å². The molecule has 0 bridgehead atoms. The van der Waals surface area contributed by atoms with Crippen molar-refractivity contribution in [2.24, 2.45) is 5.92 Å². The molecule has 1 saturated heterocycles. The fourth-order valence-electron chi connectivity index (χ4n) is 3.47. The van der Waals surface area contributed by atoms with Gasteiger partial charge in [0.25, 0.3) is 5.56 Å². The second-order valence-corrected chi connectivity index (χ2v) is 6.88. The van der Waals surface area contributed by atoms with Crippen LogP contribution in [0.5, 0.6) is 5.75 Å². The maximum absolute atomic E-state index is 12.4. The van der Waals surface area contributed by atoms with E-state index in [1.807, 2.05) is 17.0 Å². The van der Waals surface area contributed by atoms with E-state index in [0.717, 1.165) is 44.5 Å². The van der Waals surface area contributed by atoms with Gasteiger partial charge in [-0.15, -0.1) is 0 Å². The first-order valence-electron chi connectivity index (χ1n) is 9.22. The average Bonchev–Trinajstić information content (AvgIpc) is 2.69. The van der Waals surface area contributed by atoms with Crippen LogP contribution in [0, 0.1) is 5.92 Å². The number of aromatic nitrogens is 1. The lowest BCUT2D eigenvalue weighted by atomic mass is 9.90. The van der Waals surface area contributed by atoms with Gasteiger partial charge in [-0.1, -0.05) is 18.2 Å². The Labute approximate surface area is 154 Å². The first-order chi connectivity index (χ1) is 12.7. The van der Waals surface area contributed by atoms with Crippen molar-refractivity contribution in [3.8, 4) is 5.75 Å². The molecule has 1 aromatic carbocycles. The van der Waals surface area contributed by atoms with Crippen molar-refractivity contribution < 1.29 is 9.53 Å². The van der Waals surface area contributed by atoms with E-state index in [1.54, 1.807) is 25.4 Å². The number of pyridine rings is 1. The molecule has 1 amide bonds. The number of likely N-dealkylation sites (tertiary alicyclic amines) is 1. The number of hydrogen-bond acceptors (Lipinski definition) is 3. The average molecular weight is 354 g/mol. The van der Waals surface area contributed by atoms with E-state index in [0.29, 0.717) is 5.92 Å². The number of carbonyl (C=O) groups excluding carboxylic acids is 1. The third kappa shape index (κ3) is 4.75. The van der Waals surface area contributed by atoms with Crippen molar-refractivity contribution in [2.45, 2.75) is 32.2 Å². The van der Waals surface area contributed by atoms with Crippen molar-refractivity contribution in [1.82, 2.24) is 9.47 Å². The second-order valence-electron chi connectivity index (χ2n) is 6.88. The van der Waals surface area contributed by atoms with Crippen LogP contribution < -0.4 is 10.3 Å². The minimum atomic E-state index is -0.129. The van der Waals surface area contributed by atoms with Gasteiger partial charge in [-0.25, -0.2) is 0 Å². The molecule has 1 aliphatic heterocycles. The van der Waals surface area contributed by atoms with Gasteiger partial charge >= 0.3 is 0 Å². The first kappa shape index (κ1) is 18.2. The normalized spacial score (nSPS) is 15.0. The number of ether oxygens (including phenoxy) is 1. The van der Waals surface area contributed by atoms with E-state index < -0.39 is 0 Å². The molecule has 0 N–H and O–H groups in total. The number of nitrogens with zero attached hydrogens (tertiary/aromatic N) is 2. The molecule has 0 spiro atoms. The zero-order chi connectivity index (χ0) is 18.4. The Hall–Kier alpha value is -2.56. The standard InChI is InChI=1S/C21H26N2O3/c1-26-19-9-7-17(8-10-19)5-6-18-11-14-22(15-12-18)21(25)16-23-13-3-2-4-20(23)24/h2-4,7-10,13,18H,5-6,11-12,14-16H2,1H3. The van der Waals surface area contributed by atoms with E-state index in [1.165, 1.54) is 16.2 Å². The van der Waals surface area contributed by atoms with Crippen LogP contribution in [0.25, 0.3) is 0 Å². The summed E-state index contributed by atoms with van der Waals surface area (Å²) in [5.74, 6) is 1.57. The number of amides is 1. The summed E-state index contributed by atoms with van der Waals surface area (Å²) in [7, 11) is 1.68. The number of rotatable bonds is 6. The predicted molar refractivity (Wildman–Crippen MR) is 101 cm³/mol. The number of piperidine rings is 1. The minimum absolute atomic E-state index is 0.0342. The molecule has 1 aromatic heterocycles. The zero-order valence-electron chi connectivity index (χ0n) is 15.3. The summed E-state index contributed by atoms with van der Waals surface area (Å²) in [5.41, 5.74) is 1.20. The third-order valence-corrected chi connectivity index (χ3v) is 5.17. The second kappa shape index (κ2) is 8.70. The summed E-state index contributed by atoms with van der Waals surface area (Å²) in [6.45, 7) is 1.71. The maximum Gasteiger partial charge on any atom is 0.250 e. The van der Waals surface area contributed by atoms with Crippen molar-refractivity contribution >= 4 is 5.91 Å². The molecule has 2 aromatic rings. The molecule has 26 heavy (non-hydrogen) atoms. The van der Waals surface area contributed by atoms with Gasteiger partial charge in [-0.3, -0.25) is 9.59 Å². The van der Waals surface area contributed by atoms with Crippen molar-refractivity contribution in [1.29, 1.82) is 0 Å². The topological polar surface area (TPSA) is 51.5 Å². The maximum atomic E-state index is 12.4.